The molecule has 0 N–H and O–H groups in total. The molecule has 0 heterocycles. The van der Waals surface area contributed by atoms with E-state index in [-0.39, 0.29) is 0 Å². The first-order chi connectivity index (χ1) is 16.9. The average molecular weight is 433 g/mol. The molecule has 0 aliphatic heterocycles. The highest BCUT2D eigenvalue weighted by atomic mass is 14.1. The lowest BCUT2D eigenvalue weighted by molar-refractivity contribution is 1.55. The van der Waals surface area contributed by atoms with Crippen LogP contribution in [0.4, 0.5) is 0 Å². The molecule has 0 amide bonds. The fraction of sp³-hybridized carbons (Fsp3) is 0. The van der Waals surface area contributed by atoms with Gasteiger partial charge in [-0.25, -0.2) is 0 Å². The molecular formula is C34H24. The van der Waals surface area contributed by atoms with E-state index in [1.54, 1.807) is 0 Å². The Labute approximate surface area is 200 Å². The number of hydrogen-bond donors (Lipinski definition) is 0. The van der Waals surface area contributed by atoms with Crippen molar-refractivity contribution in [2.45, 2.75) is 0 Å². The monoisotopic (exact) mass is 432 g/mol. The van der Waals surface area contributed by atoms with Crippen LogP contribution in [0.25, 0.3) is 44.3 Å². The Morgan fingerprint density at radius 1 is 0.412 bits per heavy atom. The van der Waals surface area contributed by atoms with Crippen molar-refractivity contribution >= 4 is 33.2 Å². The van der Waals surface area contributed by atoms with Crippen LogP contribution < -0.4 is 0 Å². The smallest absolute Gasteiger partial charge is 0.00988 e. The van der Waals surface area contributed by atoms with Crippen molar-refractivity contribution in [1.29, 1.82) is 0 Å². The highest BCUT2D eigenvalue weighted by molar-refractivity contribution is 6.06. The highest BCUT2D eigenvalue weighted by Crippen LogP contribution is 2.36. The summed E-state index contributed by atoms with van der Waals surface area (Å²) in [5.74, 6) is 0. The Balaban J connectivity index is 1.59. The zero-order valence-electron chi connectivity index (χ0n) is 18.9. The summed E-state index contributed by atoms with van der Waals surface area (Å²) in [4.78, 5) is 0. The third-order valence-corrected chi connectivity index (χ3v) is 6.47. The summed E-state index contributed by atoms with van der Waals surface area (Å²) in [5, 5.41) is 5.09. The predicted molar refractivity (Wildman–Crippen MR) is 147 cm³/mol. The van der Waals surface area contributed by atoms with Gasteiger partial charge in [0, 0.05) is 0 Å². The van der Waals surface area contributed by atoms with Crippen molar-refractivity contribution in [1.82, 2.24) is 0 Å². The number of fused-ring (bicyclic) bond motifs is 2. The molecule has 160 valence electrons. The van der Waals surface area contributed by atoms with Crippen molar-refractivity contribution in [2.75, 3.05) is 0 Å². The van der Waals surface area contributed by atoms with E-state index in [0.717, 1.165) is 0 Å². The van der Waals surface area contributed by atoms with Gasteiger partial charge in [-0.05, 0) is 73.1 Å². The second kappa shape index (κ2) is 8.84. The summed E-state index contributed by atoms with van der Waals surface area (Å²) in [7, 11) is 0. The van der Waals surface area contributed by atoms with Crippen LogP contribution in [0.5, 0.6) is 0 Å². The first-order valence-electron chi connectivity index (χ1n) is 11.7. The van der Waals surface area contributed by atoms with E-state index >= 15 is 0 Å². The molecule has 0 radical (unpaired) electrons. The third kappa shape index (κ3) is 3.80. The van der Waals surface area contributed by atoms with E-state index in [1.807, 2.05) is 0 Å². The Hall–Kier alpha value is -4.42. The Morgan fingerprint density at radius 2 is 0.941 bits per heavy atom. The first kappa shape index (κ1) is 20.2. The van der Waals surface area contributed by atoms with Gasteiger partial charge >= 0.3 is 0 Å². The second-order valence-corrected chi connectivity index (χ2v) is 8.60. The second-order valence-electron chi connectivity index (χ2n) is 8.60. The maximum atomic E-state index is 2.33. The van der Waals surface area contributed by atoms with Crippen molar-refractivity contribution in [2.24, 2.45) is 0 Å². The largest absolute Gasteiger partial charge is 0.0622 e. The average Bonchev–Trinajstić information content (AvgIpc) is 2.91. The molecule has 0 aromatic heterocycles. The van der Waals surface area contributed by atoms with E-state index in [2.05, 4.69) is 146 Å². The van der Waals surface area contributed by atoms with Gasteiger partial charge in [0.25, 0.3) is 0 Å². The van der Waals surface area contributed by atoms with Gasteiger partial charge in [0.15, 0.2) is 0 Å². The number of rotatable bonds is 4. The molecule has 6 aromatic carbocycles. The SMILES string of the molecule is C(=C(c1ccccc1)c1ccccc1)c1ccccc1-c1cccc2cc3ccccc3cc12. The lowest BCUT2D eigenvalue weighted by Gasteiger charge is -2.14. The molecule has 0 saturated heterocycles. The topological polar surface area (TPSA) is 0 Å². The number of hydrogen-bond acceptors (Lipinski definition) is 0. The van der Waals surface area contributed by atoms with Gasteiger partial charge in [-0.15, -0.1) is 0 Å². The minimum atomic E-state index is 1.21. The molecule has 0 unspecified atom stereocenters. The van der Waals surface area contributed by atoms with Gasteiger partial charge in [-0.2, -0.15) is 0 Å². The van der Waals surface area contributed by atoms with Crippen molar-refractivity contribution in [3.63, 3.8) is 0 Å². The van der Waals surface area contributed by atoms with Crippen molar-refractivity contribution < 1.29 is 0 Å². The van der Waals surface area contributed by atoms with Gasteiger partial charge in [-0.1, -0.05) is 127 Å². The van der Waals surface area contributed by atoms with Gasteiger partial charge in [0.05, 0.1) is 0 Å². The summed E-state index contributed by atoms with van der Waals surface area (Å²) >= 11 is 0. The van der Waals surface area contributed by atoms with E-state index in [4.69, 9.17) is 0 Å². The molecule has 6 rings (SSSR count). The zero-order valence-corrected chi connectivity index (χ0v) is 18.9. The van der Waals surface area contributed by atoms with Crippen LogP contribution in [-0.4, -0.2) is 0 Å². The van der Waals surface area contributed by atoms with Crippen LogP contribution in [0.1, 0.15) is 16.7 Å². The highest BCUT2D eigenvalue weighted by Gasteiger charge is 2.11. The molecule has 0 aliphatic carbocycles. The third-order valence-electron chi connectivity index (χ3n) is 6.47. The quantitative estimate of drug-likeness (QED) is 0.192. The maximum absolute atomic E-state index is 2.33. The standard InChI is InChI=1S/C34H24/c1-3-12-25(13-4-1)33(26-14-5-2-6-15-26)24-30-18-9-10-20-31(30)32-21-11-19-29-22-27-16-7-8-17-28(27)23-34(29)32/h1-24H. The molecule has 0 aliphatic rings. The molecule has 0 spiro atoms. The number of benzene rings is 6. The first-order valence-corrected chi connectivity index (χ1v) is 11.7. The molecule has 0 saturated carbocycles. The van der Waals surface area contributed by atoms with Crippen LogP contribution in [0.15, 0.2) is 140 Å². The minimum absolute atomic E-state index is 1.21. The summed E-state index contributed by atoms with van der Waals surface area (Å²) in [6.07, 6.45) is 2.33. The summed E-state index contributed by atoms with van der Waals surface area (Å²) in [5.41, 5.74) is 7.37. The van der Waals surface area contributed by atoms with Crippen LogP contribution in [0.3, 0.4) is 0 Å². The zero-order chi connectivity index (χ0) is 22.7. The van der Waals surface area contributed by atoms with E-state index in [9.17, 15) is 0 Å². The molecule has 0 atom stereocenters. The van der Waals surface area contributed by atoms with E-state index < -0.39 is 0 Å². The Morgan fingerprint density at radius 3 is 1.65 bits per heavy atom. The summed E-state index contributed by atoms with van der Waals surface area (Å²) < 4.78 is 0. The molecular weight excluding hydrogens is 408 g/mol. The van der Waals surface area contributed by atoms with E-state index in [1.165, 1.54) is 54.9 Å². The Bertz CT molecular complexity index is 1580. The summed E-state index contributed by atoms with van der Waals surface area (Å²) in [6, 6.07) is 49.9. The van der Waals surface area contributed by atoms with Crippen molar-refractivity contribution in [3.05, 3.63) is 156 Å². The maximum Gasteiger partial charge on any atom is -0.00988 e. The molecule has 0 bridgehead atoms. The van der Waals surface area contributed by atoms with Crippen LogP contribution in [-0.2, 0) is 0 Å². The van der Waals surface area contributed by atoms with Gasteiger partial charge in [0.2, 0.25) is 0 Å². The molecule has 34 heavy (non-hydrogen) atoms. The predicted octanol–water partition coefficient (Wildman–Crippen LogP) is 9.25. The normalized spacial score (nSPS) is 10.9. The van der Waals surface area contributed by atoms with Crippen LogP contribution >= 0.6 is 0 Å². The lowest BCUT2D eigenvalue weighted by Crippen LogP contribution is -1.90. The Kier molecular flexibility index (Phi) is 5.26. The fourth-order valence-electron chi connectivity index (χ4n) is 4.79. The lowest BCUT2D eigenvalue weighted by atomic mass is 9.90. The molecule has 0 fully saturated rings. The molecule has 6 aromatic rings. The van der Waals surface area contributed by atoms with E-state index in [0.29, 0.717) is 0 Å². The van der Waals surface area contributed by atoms with Gasteiger partial charge in [0.1, 0.15) is 0 Å². The summed E-state index contributed by atoms with van der Waals surface area (Å²) in [6.45, 7) is 0. The van der Waals surface area contributed by atoms with Gasteiger partial charge in [-0.3, -0.25) is 0 Å². The molecule has 0 heteroatoms. The fourth-order valence-corrected chi connectivity index (χ4v) is 4.79. The molecule has 0 nitrogen and oxygen atoms in total. The van der Waals surface area contributed by atoms with Crippen molar-refractivity contribution in [3.8, 4) is 11.1 Å². The van der Waals surface area contributed by atoms with Crippen LogP contribution in [0.2, 0.25) is 0 Å². The van der Waals surface area contributed by atoms with Gasteiger partial charge < -0.3 is 0 Å². The minimum Gasteiger partial charge on any atom is -0.0622 e. The van der Waals surface area contributed by atoms with Crippen LogP contribution in [0, 0.1) is 0 Å².